The highest BCUT2D eigenvalue weighted by Gasteiger charge is 2.32. The Bertz CT molecular complexity index is 411. The van der Waals surface area contributed by atoms with Gasteiger partial charge in [0.2, 0.25) is 0 Å². The van der Waals surface area contributed by atoms with Crippen molar-refractivity contribution in [2.45, 2.75) is 6.10 Å². The molecule has 0 heterocycles. The number of methoxy groups -OCH3 is 2. The van der Waals surface area contributed by atoms with E-state index in [1.165, 1.54) is 14.2 Å². The minimum atomic E-state index is -1.10. The quantitative estimate of drug-likeness (QED) is 0.659. The van der Waals surface area contributed by atoms with Crippen molar-refractivity contribution >= 4 is 17.6 Å². The summed E-state index contributed by atoms with van der Waals surface area (Å²) >= 11 is 5.76. The van der Waals surface area contributed by atoms with Crippen molar-refractivity contribution in [2.24, 2.45) is 5.92 Å². The van der Waals surface area contributed by atoms with Gasteiger partial charge in [-0.15, -0.1) is 0 Å². The van der Waals surface area contributed by atoms with E-state index in [-0.39, 0.29) is 5.76 Å². The van der Waals surface area contributed by atoms with Gasteiger partial charge in [-0.1, -0.05) is 30.3 Å². The number of hydrogen-bond donors (Lipinski definition) is 1. The van der Waals surface area contributed by atoms with Crippen molar-refractivity contribution < 1.29 is 19.4 Å². The van der Waals surface area contributed by atoms with Crippen molar-refractivity contribution in [3.63, 3.8) is 0 Å². The van der Waals surface area contributed by atoms with E-state index in [9.17, 15) is 9.90 Å². The second kappa shape index (κ2) is 6.42. The van der Waals surface area contributed by atoms with Crippen molar-refractivity contribution in [1.29, 1.82) is 0 Å². The minimum absolute atomic E-state index is 0.143. The Morgan fingerprint density at radius 1 is 1.28 bits per heavy atom. The Balaban J connectivity index is 3.02. The van der Waals surface area contributed by atoms with Crippen LogP contribution < -0.4 is 0 Å². The average molecular weight is 271 g/mol. The van der Waals surface area contributed by atoms with Crippen LogP contribution in [-0.2, 0) is 14.3 Å². The molecule has 0 bridgehead atoms. The number of carbonyl (C=O) groups is 1. The van der Waals surface area contributed by atoms with Gasteiger partial charge < -0.3 is 14.6 Å². The molecule has 0 aliphatic carbocycles. The summed E-state index contributed by atoms with van der Waals surface area (Å²) in [6, 6.07) is 6.52. The van der Waals surface area contributed by atoms with Crippen molar-refractivity contribution in [1.82, 2.24) is 0 Å². The molecule has 0 spiro atoms. The molecule has 18 heavy (non-hydrogen) atoms. The molecular weight excluding hydrogens is 256 g/mol. The van der Waals surface area contributed by atoms with Gasteiger partial charge in [-0.2, -0.15) is 0 Å². The lowest BCUT2D eigenvalue weighted by atomic mass is 9.94. The monoisotopic (exact) mass is 270 g/mol. The van der Waals surface area contributed by atoms with E-state index < -0.39 is 18.0 Å². The number of aliphatic hydroxyl groups is 1. The number of esters is 1. The Morgan fingerprint density at radius 2 is 1.83 bits per heavy atom. The van der Waals surface area contributed by atoms with Gasteiger partial charge in [-0.05, 0) is 17.7 Å². The molecule has 0 saturated carbocycles. The molecule has 5 heteroatoms. The topological polar surface area (TPSA) is 55.8 Å². The number of ether oxygens (including phenoxy) is 2. The van der Waals surface area contributed by atoms with Crippen molar-refractivity contribution in [3.8, 4) is 0 Å². The molecule has 1 rings (SSSR count). The fraction of sp³-hybridized carbons (Fsp3) is 0.308. The Hall–Kier alpha value is -1.52. The summed E-state index contributed by atoms with van der Waals surface area (Å²) in [5, 5.41) is 10.7. The zero-order valence-corrected chi connectivity index (χ0v) is 11.0. The van der Waals surface area contributed by atoms with Gasteiger partial charge in [-0.3, -0.25) is 4.79 Å². The summed E-state index contributed by atoms with van der Waals surface area (Å²) in [5.41, 5.74) is 0.535. The summed E-state index contributed by atoms with van der Waals surface area (Å²) in [5.74, 6) is -1.44. The van der Waals surface area contributed by atoms with Gasteiger partial charge >= 0.3 is 5.97 Å². The fourth-order valence-electron chi connectivity index (χ4n) is 1.54. The van der Waals surface area contributed by atoms with E-state index in [4.69, 9.17) is 16.3 Å². The van der Waals surface area contributed by atoms with Crippen LogP contribution in [0.15, 0.2) is 36.6 Å². The average Bonchev–Trinajstić information content (AvgIpc) is 2.39. The largest absolute Gasteiger partial charge is 0.501 e. The summed E-state index contributed by atoms with van der Waals surface area (Å²) in [4.78, 5) is 11.6. The van der Waals surface area contributed by atoms with Crippen LogP contribution in [0.2, 0.25) is 5.02 Å². The number of aliphatic hydroxyl groups excluding tert-OH is 1. The van der Waals surface area contributed by atoms with Crippen LogP contribution in [0.3, 0.4) is 0 Å². The SMILES string of the molecule is C=C(OC)[C@H](C(=O)OC)[C@H](O)c1ccc(Cl)cc1. The molecule has 0 aliphatic heterocycles. The van der Waals surface area contributed by atoms with E-state index in [0.29, 0.717) is 10.6 Å². The summed E-state index contributed by atoms with van der Waals surface area (Å²) < 4.78 is 9.56. The van der Waals surface area contributed by atoms with Crippen LogP contribution >= 0.6 is 11.6 Å². The van der Waals surface area contributed by atoms with Crippen LogP contribution in [0, 0.1) is 5.92 Å². The van der Waals surface area contributed by atoms with E-state index in [1.54, 1.807) is 24.3 Å². The van der Waals surface area contributed by atoms with Crippen LogP contribution in [0.4, 0.5) is 0 Å². The van der Waals surface area contributed by atoms with E-state index in [0.717, 1.165) is 0 Å². The lowest BCUT2D eigenvalue weighted by Gasteiger charge is -2.22. The minimum Gasteiger partial charge on any atom is -0.501 e. The normalized spacial score (nSPS) is 13.6. The lowest BCUT2D eigenvalue weighted by Crippen LogP contribution is -2.26. The first-order chi connectivity index (χ1) is 8.51. The number of halogens is 1. The highest BCUT2D eigenvalue weighted by Crippen LogP contribution is 2.29. The number of rotatable bonds is 5. The molecule has 1 N–H and O–H groups in total. The zero-order chi connectivity index (χ0) is 13.7. The van der Waals surface area contributed by atoms with Crippen molar-refractivity contribution in [2.75, 3.05) is 14.2 Å². The molecule has 0 amide bonds. The van der Waals surface area contributed by atoms with Gasteiger partial charge in [0.05, 0.1) is 20.3 Å². The van der Waals surface area contributed by atoms with Crippen LogP contribution in [0.25, 0.3) is 0 Å². The molecule has 0 unspecified atom stereocenters. The molecule has 0 radical (unpaired) electrons. The van der Waals surface area contributed by atoms with Crippen molar-refractivity contribution in [3.05, 3.63) is 47.2 Å². The van der Waals surface area contributed by atoms with Gasteiger partial charge in [-0.25, -0.2) is 0 Å². The molecule has 2 atom stereocenters. The maximum atomic E-state index is 11.6. The fourth-order valence-corrected chi connectivity index (χ4v) is 1.67. The second-order valence-corrected chi connectivity index (χ2v) is 4.10. The summed E-state index contributed by atoms with van der Waals surface area (Å²) in [6.45, 7) is 3.60. The smallest absolute Gasteiger partial charge is 0.319 e. The first kappa shape index (κ1) is 14.5. The zero-order valence-electron chi connectivity index (χ0n) is 10.2. The predicted octanol–water partition coefficient (Wildman–Crippen LogP) is 2.32. The number of benzene rings is 1. The van der Waals surface area contributed by atoms with Gasteiger partial charge in [0.15, 0.2) is 0 Å². The molecule has 98 valence electrons. The lowest BCUT2D eigenvalue weighted by molar-refractivity contribution is -0.149. The third-order valence-electron chi connectivity index (χ3n) is 2.59. The first-order valence-electron chi connectivity index (χ1n) is 5.25. The third-order valence-corrected chi connectivity index (χ3v) is 2.84. The van der Waals surface area contributed by atoms with Gasteiger partial charge in [0.25, 0.3) is 0 Å². The second-order valence-electron chi connectivity index (χ2n) is 3.67. The molecule has 0 saturated heterocycles. The maximum absolute atomic E-state index is 11.6. The van der Waals surface area contributed by atoms with Gasteiger partial charge in [0, 0.05) is 5.02 Å². The molecular formula is C13H15ClO4. The Labute approximate surface area is 111 Å². The molecule has 1 aromatic carbocycles. The number of hydrogen-bond acceptors (Lipinski definition) is 4. The summed E-state index contributed by atoms with van der Waals surface area (Å²) in [6.07, 6.45) is -1.10. The Morgan fingerprint density at radius 3 is 2.28 bits per heavy atom. The molecule has 4 nitrogen and oxygen atoms in total. The first-order valence-corrected chi connectivity index (χ1v) is 5.63. The Kier molecular flexibility index (Phi) is 5.19. The molecule has 0 fully saturated rings. The number of carbonyl (C=O) groups excluding carboxylic acids is 1. The predicted molar refractivity (Wildman–Crippen MR) is 68.1 cm³/mol. The highest BCUT2D eigenvalue weighted by atomic mass is 35.5. The molecule has 0 aliphatic rings. The van der Waals surface area contributed by atoms with Gasteiger partial charge in [0.1, 0.15) is 11.7 Å². The molecule has 1 aromatic rings. The maximum Gasteiger partial charge on any atom is 0.319 e. The third kappa shape index (κ3) is 3.24. The van der Waals surface area contributed by atoms with E-state index in [2.05, 4.69) is 11.3 Å². The van der Waals surface area contributed by atoms with Crippen LogP contribution in [-0.4, -0.2) is 25.3 Å². The van der Waals surface area contributed by atoms with E-state index in [1.807, 2.05) is 0 Å². The highest BCUT2D eigenvalue weighted by molar-refractivity contribution is 6.30. The van der Waals surface area contributed by atoms with Crippen LogP contribution in [0.1, 0.15) is 11.7 Å². The standard InChI is InChI=1S/C13H15ClO4/c1-8(17-2)11(13(16)18-3)12(15)9-4-6-10(14)7-5-9/h4-7,11-12,15H,1H2,2-3H3/t11-,12+/m0/s1. The van der Waals surface area contributed by atoms with Crippen LogP contribution in [0.5, 0.6) is 0 Å². The summed E-state index contributed by atoms with van der Waals surface area (Å²) in [7, 11) is 2.62. The van der Waals surface area contributed by atoms with E-state index >= 15 is 0 Å². The molecule has 0 aromatic heterocycles.